The molecule has 2 aromatic rings. The van der Waals surface area contributed by atoms with Gasteiger partial charge in [-0.1, -0.05) is 21.9 Å². The fourth-order valence-electron chi connectivity index (χ4n) is 1.95. The van der Waals surface area contributed by atoms with Gasteiger partial charge in [-0.2, -0.15) is 0 Å². The van der Waals surface area contributed by atoms with E-state index >= 15 is 0 Å². The lowest BCUT2D eigenvalue weighted by Crippen LogP contribution is -2.47. The van der Waals surface area contributed by atoms with Crippen molar-refractivity contribution in [2.45, 2.75) is 12.5 Å². The molecule has 4 nitrogen and oxygen atoms in total. The third kappa shape index (κ3) is 2.58. The van der Waals surface area contributed by atoms with E-state index in [0.717, 1.165) is 9.86 Å². The summed E-state index contributed by atoms with van der Waals surface area (Å²) in [5.74, 6) is 2.46. The van der Waals surface area contributed by atoms with E-state index in [-0.39, 0.29) is 6.54 Å². The van der Waals surface area contributed by atoms with Crippen molar-refractivity contribution in [3.63, 3.8) is 0 Å². The molecule has 2 rings (SSSR count). The van der Waals surface area contributed by atoms with E-state index in [9.17, 15) is 4.79 Å². The summed E-state index contributed by atoms with van der Waals surface area (Å²) in [6, 6.07) is 7.43. The van der Waals surface area contributed by atoms with E-state index in [4.69, 9.17) is 15.6 Å². The molecule has 0 aliphatic rings. The highest BCUT2D eigenvalue weighted by Gasteiger charge is 2.39. The maximum Gasteiger partial charge on any atom is 0.333 e. The number of halogens is 1. The number of ether oxygens (including phenoxy) is 1. The van der Waals surface area contributed by atoms with E-state index in [1.54, 1.807) is 13.0 Å². The van der Waals surface area contributed by atoms with Gasteiger partial charge in [0.25, 0.3) is 0 Å². The van der Waals surface area contributed by atoms with Gasteiger partial charge < -0.3 is 9.15 Å². The van der Waals surface area contributed by atoms with Crippen molar-refractivity contribution >= 4 is 32.9 Å². The van der Waals surface area contributed by atoms with Crippen LogP contribution in [0.4, 0.5) is 0 Å². The Bertz CT molecular complexity index is 686. The minimum absolute atomic E-state index is 0.229. The Morgan fingerprint density at radius 1 is 1.55 bits per heavy atom. The van der Waals surface area contributed by atoms with Crippen molar-refractivity contribution in [3.05, 3.63) is 34.5 Å². The molecular weight excluding hydrogens is 322 g/mol. The van der Waals surface area contributed by atoms with Crippen LogP contribution in [0.15, 0.2) is 33.2 Å². The van der Waals surface area contributed by atoms with Gasteiger partial charge in [0, 0.05) is 9.86 Å². The number of fused-ring (bicyclic) bond motifs is 1. The fourth-order valence-corrected chi connectivity index (χ4v) is 2.33. The summed E-state index contributed by atoms with van der Waals surface area (Å²) in [4.78, 5) is 12.1. The smallest absolute Gasteiger partial charge is 0.333 e. The second-order valence-corrected chi connectivity index (χ2v) is 5.38. The molecule has 1 N–H and O–H groups in total. The lowest BCUT2D eigenvalue weighted by atomic mass is 9.98. The second kappa shape index (κ2) is 5.70. The number of esters is 1. The highest BCUT2D eigenvalue weighted by Crippen LogP contribution is 2.30. The van der Waals surface area contributed by atoms with Gasteiger partial charge in [-0.3, -0.25) is 5.32 Å². The number of carbonyl (C=O) groups is 1. The number of terminal acetylenes is 1. The summed E-state index contributed by atoms with van der Waals surface area (Å²) in [5.41, 5.74) is -0.423. The van der Waals surface area contributed by atoms with Gasteiger partial charge in [-0.05, 0) is 31.2 Å². The molecule has 0 saturated heterocycles. The van der Waals surface area contributed by atoms with Crippen molar-refractivity contribution in [1.29, 1.82) is 0 Å². The highest BCUT2D eigenvalue weighted by atomic mass is 79.9. The predicted octanol–water partition coefficient (Wildman–Crippen LogP) is 2.81. The van der Waals surface area contributed by atoms with Crippen LogP contribution >= 0.6 is 15.9 Å². The molecule has 0 bridgehead atoms. The highest BCUT2D eigenvalue weighted by molar-refractivity contribution is 9.10. The van der Waals surface area contributed by atoms with Crippen LogP contribution in [0.1, 0.15) is 12.7 Å². The first-order valence-corrected chi connectivity index (χ1v) is 6.77. The molecule has 0 amide bonds. The molecule has 1 aromatic carbocycles. The number of hydrogen-bond acceptors (Lipinski definition) is 4. The molecule has 0 spiro atoms. The summed E-state index contributed by atoms with van der Waals surface area (Å²) in [5, 5.41) is 3.87. The summed E-state index contributed by atoms with van der Waals surface area (Å²) in [6.45, 7) is 1.91. The third-order valence-corrected chi connectivity index (χ3v) is 3.60. The lowest BCUT2D eigenvalue weighted by molar-refractivity contribution is -0.149. The zero-order valence-corrected chi connectivity index (χ0v) is 12.8. The minimum atomic E-state index is -1.12. The van der Waals surface area contributed by atoms with Crippen LogP contribution in [0.25, 0.3) is 11.0 Å². The SMILES string of the molecule is C#CCNC(C)(C(=O)OC)c1cc2cc(Br)ccc2o1. The molecule has 0 radical (unpaired) electrons. The monoisotopic (exact) mass is 335 g/mol. The molecule has 20 heavy (non-hydrogen) atoms. The molecule has 104 valence electrons. The van der Waals surface area contributed by atoms with Gasteiger partial charge in [-0.25, -0.2) is 4.79 Å². The lowest BCUT2D eigenvalue weighted by Gasteiger charge is -2.24. The first kappa shape index (κ1) is 14.6. The van der Waals surface area contributed by atoms with Crippen LogP contribution in [0.3, 0.4) is 0 Å². The molecule has 1 atom stereocenters. The average Bonchev–Trinajstić information content (AvgIpc) is 2.87. The Kier molecular flexibility index (Phi) is 4.17. The number of carbonyl (C=O) groups excluding carboxylic acids is 1. The first-order valence-electron chi connectivity index (χ1n) is 5.97. The maximum atomic E-state index is 12.1. The van der Waals surface area contributed by atoms with Gasteiger partial charge >= 0.3 is 5.97 Å². The van der Waals surface area contributed by atoms with Crippen LogP contribution in [-0.4, -0.2) is 19.6 Å². The van der Waals surface area contributed by atoms with Crippen molar-refractivity contribution in [1.82, 2.24) is 5.32 Å². The normalized spacial score (nSPS) is 13.7. The van der Waals surface area contributed by atoms with E-state index in [1.165, 1.54) is 7.11 Å². The third-order valence-electron chi connectivity index (χ3n) is 3.11. The Hall–Kier alpha value is -1.77. The van der Waals surface area contributed by atoms with Gasteiger partial charge in [0.1, 0.15) is 11.3 Å². The number of methoxy groups -OCH3 is 1. The Labute approximate surface area is 125 Å². The summed E-state index contributed by atoms with van der Waals surface area (Å²) in [7, 11) is 1.33. The number of nitrogens with one attached hydrogen (secondary N) is 1. The number of hydrogen-bond donors (Lipinski definition) is 1. The number of benzene rings is 1. The molecular formula is C15H14BrNO3. The van der Waals surface area contributed by atoms with Crippen LogP contribution in [0.2, 0.25) is 0 Å². The van der Waals surface area contributed by atoms with E-state index in [2.05, 4.69) is 27.2 Å². The molecule has 1 aromatic heterocycles. The van der Waals surface area contributed by atoms with Crippen LogP contribution < -0.4 is 5.32 Å². The quantitative estimate of drug-likeness (QED) is 0.689. The maximum absolute atomic E-state index is 12.1. The molecule has 1 unspecified atom stereocenters. The zero-order valence-electron chi connectivity index (χ0n) is 11.2. The van der Waals surface area contributed by atoms with Gasteiger partial charge in [-0.15, -0.1) is 6.42 Å². The fraction of sp³-hybridized carbons (Fsp3) is 0.267. The van der Waals surface area contributed by atoms with Gasteiger partial charge in [0.2, 0.25) is 0 Å². The standard InChI is InChI=1S/C15H14BrNO3/c1-4-7-17-15(2,14(18)19-3)13-9-10-8-11(16)5-6-12(10)20-13/h1,5-6,8-9,17H,7H2,2-3H3. The van der Waals surface area contributed by atoms with Crippen LogP contribution in [0.5, 0.6) is 0 Å². The molecule has 0 saturated carbocycles. The van der Waals surface area contributed by atoms with E-state index in [1.807, 2.05) is 18.2 Å². The van der Waals surface area contributed by atoms with E-state index in [0.29, 0.717) is 11.3 Å². The molecule has 0 fully saturated rings. The van der Waals surface area contributed by atoms with Gasteiger partial charge in [0.05, 0.1) is 13.7 Å². The summed E-state index contributed by atoms with van der Waals surface area (Å²) in [6.07, 6.45) is 5.25. The van der Waals surface area contributed by atoms with Crippen LogP contribution in [-0.2, 0) is 15.1 Å². The topological polar surface area (TPSA) is 51.5 Å². The van der Waals surface area contributed by atoms with Crippen molar-refractivity contribution < 1.29 is 13.9 Å². The first-order chi connectivity index (χ1) is 9.51. The van der Waals surface area contributed by atoms with Crippen molar-refractivity contribution in [2.24, 2.45) is 0 Å². The molecule has 0 aliphatic heterocycles. The summed E-state index contributed by atoms with van der Waals surface area (Å²) < 4.78 is 11.5. The predicted molar refractivity (Wildman–Crippen MR) is 80.1 cm³/mol. The largest absolute Gasteiger partial charge is 0.467 e. The van der Waals surface area contributed by atoms with Crippen molar-refractivity contribution in [2.75, 3.05) is 13.7 Å². The Morgan fingerprint density at radius 3 is 2.95 bits per heavy atom. The number of furan rings is 1. The average molecular weight is 336 g/mol. The molecule has 0 aliphatic carbocycles. The van der Waals surface area contributed by atoms with E-state index < -0.39 is 11.5 Å². The zero-order chi connectivity index (χ0) is 14.8. The Balaban J connectivity index is 2.50. The molecule has 1 heterocycles. The second-order valence-electron chi connectivity index (χ2n) is 4.47. The van der Waals surface area contributed by atoms with Crippen LogP contribution in [0, 0.1) is 12.3 Å². The van der Waals surface area contributed by atoms with Gasteiger partial charge in [0.15, 0.2) is 5.54 Å². The minimum Gasteiger partial charge on any atom is -0.467 e. The van der Waals surface area contributed by atoms with Crippen molar-refractivity contribution in [3.8, 4) is 12.3 Å². The number of rotatable bonds is 4. The Morgan fingerprint density at radius 2 is 2.30 bits per heavy atom. The summed E-state index contributed by atoms with van der Waals surface area (Å²) >= 11 is 3.40. The molecule has 5 heteroatoms.